The number of phenolic OH excluding ortho intramolecular Hbond substituents is 2. The Morgan fingerprint density at radius 1 is 1.04 bits per heavy atom. The fourth-order valence-corrected chi connectivity index (χ4v) is 2.48. The largest absolute Gasteiger partial charge is 0.504 e. The second-order valence-corrected chi connectivity index (χ2v) is 5.39. The van der Waals surface area contributed by atoms with Crippen LogP contribution >= 0.6 is 0 Å². The van der Waals surface area contributed by atoms with Crippen LogP contribution in [0.25, 0.3) is 0 Å². The van der Waals surface area contributed by atoms with E-state index in [4.69, 9.17) is 0 Å². The van der Waals surface area contributed by atoms with E-state index in [0.29, 0.717) is 11.3 Å². The molecule has 0 fully saturated rings. The van der Waals surface area contributed by atoms with Crippen LogP contribution in [0.15, 0.2) is 66.9 Å². The van der Waals surface area contributed by atoms with Crippen molar-refractivity contribution in [3.63, 3.8) is 0 Å². The molecule has 0 saturated carbocycles. The lowest BCUT2D eigenvalue weighted by Crippen LogP contribution is -2.30. The predicted molar refractivity (Wildman–Crippen MR) is 89.7 cm³/mol. The van der Waals surface area contributed by atoms with Gasteiger partial charge in [0.25, 0.3) is 5.91 Å². The van der Waals surface area contributed by atoms with Crippen molar-refractivity contribution in [2.45, 2.75) is 6.04 Å². The van der Waals surface area contributed by atoms with Gasteiger partial charge in [-0.25, -0.2) is 4.39 Å². The molecule has 25 heavy (non-hydrogen) atoms. The van der Waals surface area contributed by atoms with Gasteiger partial charge in [-0.15, -0.1) is 0 Å². The minimum absolute atomic E-state index is 0.0858. The molecule has 3 rings (SSSR count). The number of nitrogens with one attached hydrogen (secondary N) is 1. The van der Waals surface area contributed by atoms with E-state index in [1.807, 2.05) is 0 Å². The normalized spacial score (nSPS) is 11.7. The van der Waals surface area contributed by atoms with Gasteiger partial charge >= 0.3 is 0 Å². The molecule has 0 bridgehead atoms. The Bertz CT molecular complexity index is 900. The predicted octanol–water partition coefficient (Wildman–Crippen LogP) is 3.15. The van der Waals surface area contributed by atoms with E-state index in [1.54, 1.807) is 36.5 Å². The zero-order chi connectivity index (χ0) is 17.8. The molecule has 1 heterocycles. The summed E-state index contributed by atoms with van der Waals surface area (Å²) >= 11 is 0. The van der Waals surface area contributed by atoms with E-state index in [0.717, 1.165) is 0 Å². The summed E-state index contributed by atoms with van der Waals surface area (Å²) in [6, 6.07) is 14.4. The molecule has 1 atom stereocenters. The van der Waals surface area contributed by atoms with Crippen molar-refractivity contribution in [3.8, 4) is 11.5 Å². The number of amides is 1. The van der Waals surface area contributed by atoms with E-state index in [2.05, 4.69) is 10.3 Å². The number of nitrogens with zero attached hydrogens (tertiary/aromatic N) is 1. The van der Waals surface area contributed by atoms with E-state index in [9.17, 15) is 19.4 Å². The van der Waals surface area contributed by atoms with Crippen LogP contribution in [0.1, 0.15) is 27.7 Å². The molecule has 0 aliphatic heterocycles. The van der Waals surface area contributed by atoms with Crippen LogP contribution in [0.4, 0.5) is 4.39 Å². The highest BCUT2D eigenvalue weighted by Gasteiger charge is 2.22. The molecular formula is C19H15FN2O3. The van der Waals surface area contributed by atoms with E-state index in [1.165, 1.54) is 30.3 Å². The van der Waals surface area contributed by atoms with Gasteiger partial charge in [-0.1, -0.05) is 24.3 Å². The minimum atomic E-state index is -0.717. The Morgan fingerprint density at radius 3 is 2.56 bits per heavy atom. The van der Waals surface area contributed by atoms with Gasteiger partial charge in [0.1, 0.15) is 5.82 Å². The number of para-hydroxylation sites is 1. The van der Waals surface area contributed by atoms with Crippen LogP contribution in [0, 0.1) is 5.82 Å². The lowest BCUT2D eigenvalue weighted by atomic mass is 10.0. The van der Waals surface area contributed by atoms with Crippen LogP contribution in [-0.2, 0) is 0 Å². The lowest BCUT2D eigenvalue weighted by molar-refractivity contribution is 0.0939. The van der Waals surface area contributed by atoms with Gasteiger partial charge in [0.15, 0.2) is 11.5 Å². The Morgan fingerprint density at radius 2 is 1.84 bits per heavy atom. The van der Waals surface area contributed by atoms with E-state index in [-0.39, 0.29) is 5.56 Å². The average molecular weight is 338 g/mol. The van der Waals surface area contributed by atoms with Gasteiger partial charge in [0.05, 0.1) is 17.3 Å². The van der Waals surface area contributed by atoms with Crippen LogP contribution < -0.4 is 5.32 Å². The zero-order valence-electron chi connectivity index (χ0n) is 13.1. The van der Waals surface area contributed by atoms with Crippen LogP contribution in [0.2, 0.25) is 0 Å². The molecule has 3 N–H and O–H groups in total. The number of carbonyl (C=O) groups is 1. The molecule has 0 aliphatic carbocycles. The monoisotopic (exact) mass is 338 g/mol. The highest BCUT2D eigenvalue weighted by atomic mass is 19.1. The molecule has 1 amide bonds. The van der Waals surface area contributed by atoms with Crippen LogP contribution in [-0.4, -0.2) is 21.1 Å². The third-order valence-corrected chi connectivity index (χ3v) is 3.70. The maximum absolute atomic E-state index is 13.6. The van der Waals surface area contributed by atoms with Gasteiger partial charge in [0, 0.05) is 6.20 Å². The van der Waals surface area contributed by atoms with E-state index >= 15 is 0 Å². The Labute approximate surface area is 143 Å². The molecule has 3 aromatic rings. The first kappa shape index (κ1) is 16.4. The van der Waals surface area contributed by atoms with Crippen molar-refractivity contribution in [1.29, 1.82) is 0 Å². The summed E-state index contributed by atoms with van der Waals surface area (Å²) in [4.78, 5) is 16.8. The fraction of sp³-hybridized carbons (Fsp3) is 0.0526. The third kappa shape index (κ3) is 3.58. The van der Waals surface area contributed by atoms with Gasteiger partial charge in [-0.05, 0) is 42.0 Å². The Kier molecular flexibility index (Phi) is 4.61. The van der Waals surface area contributed by atoms with Crippen molar-refractivity contribution < 1.29 is 19.4 Å². The molecule has 0 spiro atoms. The standard InChI is InChI=1S/C19H15FN2O3/c20-13-6-3-5-12(11-13)17(15-8-1-2-10-21-15)22-19(25)14-7-4-9-16(23)18(14)24/h1-11,17,23-24H,(H,22,25)/t17-/m1/s1. The summed E-state index contributed by atoms with van der Waals surface area (Å²) in [5, 5.41) is 22.2. The van der Waals surface area contributed by atoms with Gasteiger partial charge in [-0.2, -0.15) is 0 Å². The number of hydrogen-bond donors (Lipinski definition) is 3. The number of aromatic hydroxyl groups is 2. The number of aromatic nitrogens is 1. The summed E-state index contributed by atoms with van der Waals surface area (Å²) in [6.07, 6.45) is 1.57. The fourth-order valence-electron chi connectivity index (χ4n) is 2.48. The van der Waals surface area contributed by atoms with Gasteiger partial charge in [0.2, 0.25) is 0 Å². The number of phenols is 2. The molecule has 1 aromatic heterocycles. The molecule has 0 radical (unpaired) electrons. The second-order valence-electron chi connectivity index (χ2n) is 5.39. The number of benzene rings is 2. The van der Waals surface area contributed by atoms with Gasteiger partial charge < -0.3 is 15.5 Å². The zero-order valence-corrected chi connectivity index (χ0v) is 13.1. The summed E-state index contributed by atoms with van der Waals surface area (Å²) < 4.78 is 13.6. The number of pyridine rings is 1. The van der Waals surface area contributed by atoms with Crippen molar-refractivity contribution in [2.75, 3.05) is 0 Å². The number of carbonyl (C=O) groups excluding carboxylic acids is 1. The first-order chi connectivity index (χ1) is 12.1. The summed E-state index contributed by atoms with van der Waals surface area (Å²) in [6.45, 7) is 0. The summed E-state index contributed by atoms with van der Waals surface area (Å²) in [5.74, 6) is -1.96. The van der Waals surface area contributed by atoms with Crippen LogP contribution in [0.5, 0.6) is 11.5 Å². The molecule has 0 unspecified atom stereocenters. The molecule has 6 heteroatoms. The first-order valence-electron chi connectivity index (χ1n) is 7.54. The Balaban J connectivity index is 1.98. The molecule has 0 aliphatic rings. The van der Waals surface area contributed by atoms with Crippen molar-refractivity contribution >= 4 is 5.91 Å². The topological polar surface area (TPSA) is 82.5 Å². The summed E-state index contributed by atoms with van der Waals surface area (Å²) in [7, 11) is 0. The SMILES string of the molecule is O=C(N[C@H](c1cccc(F)c1)c1ccccn1)c1cccc(O)c1O. The van der Waals surface area contributed by atoms with Crippen molar-refractivity contribution in [2.24, 2.45) is 0 Å². The second kappa shape index (κ2) is 7.00. The molecule has 2 aromatic carbocycles. The van der Waals surface area contributed by atoms with E-state index < -0.39 is 29.3 Å². The molecular weight excluding hydrogens is 323 g/mol. The smallest absolute Gasteiger partial charge is 0.255 e. The maximum Gasteiger partial charge on any atom is 0.255 e. The maximum atomic E-state index is 13.6. The average Bonchev–Trinajstić information content (AvgIpc) is 2.62. The van der Waals surface area contributed by atoms with Crippen molar-refractivity contribution in [3.05, 3.63) is 89.5 Å². The molecule has 5 nitrogen and oxygen atoms in total. The number of halogens is 1. The highest BCUT2D eigenvalue weighted by Crippen LogP contribution is 2.29. The number of hydrogen-bond acceptors (Lipinski definition) is 4. The minimum Gasteiger partial charge on any atom is -0.504 e. The summed E-state index contributed by atoms with van der Waals surface area (Å²) in [5.41, 5.74) is 0.935. The third-order valence-electron chi connectivity index (χ3n) is 3.70. The van der Waals surface area contributed by atoms with Crippen molar-refractivity contribution in [1.82, 2.24) is 10.3 Å². The number of rotatable bonds is 4. The quantitative estimate of drug-likeness (QED) is 0.638. The Hall–Kier alpha value is -3.41. The first-order valence-corrected chi connectivity index (χ1v) is 7.54. The van der Waals surface area contributed by atoms with Crippen LogP contribution in [0.3, 0.4) is 0 Å². The highest BCUT2D eigenvalue weighted by molar-refractivity contribution is 5.98. The molecule has 126 valence electrons. The van der Waals surface area contributed by atoms with Gasteiger partial charge in [-0.3, -0.25) is 9.78 Å². The molecule has 0 saturated heterocycles. The lowest BCUT2D eigenvalue weighted by Gasteiger charge is -2.19.